The number of aliphatic hydroxyl groups excluding tert-OH is 1. The van der Waals surface area contributed by atoms with E-state index in [1.165, 1.54) is 0 Å². The van der Waals surface area contributed by atoms with E-state index in [1.54, 1.807) is 0 Å². The number of ether oxygens (including phenoxy) is 2. The first-order chi connectivity index (χ1) is 9.60. The minimum Gasteiger partial charge on any atom is -0.466 e. The molecule has 1 spiro atoms. The van der Waals surface area contributed by atoms with Crippen LogP contribution >= 0.6 is 0 Å². The van der Waals surface area contributed by atoms with Crippen molar-refractivity contribution < 1.29 is 19.0 Å². The van der Waals surface area contributed by atoms with Crippen molar-refractivity contribution in [1.82, 2.24) is 0 Å². The Hall–Kier alpha value is -0.840. The summed E-state index contributed by atoms with van der Waals surface area (Å²) >= 11 is 0. The Kier molecular flexibility index (Phi) is 3.89. The standard InChI is InChI=1S/C16H24O4/c1-11-9-14(12(2)20-11)15(17)13-3-6-19-16(10-13)4-7-18-8-5-16/h9,13,15,17H,3-8,10H2,1-2H3. The lowest BCUT2D eigenvalue weighted by Crippen LogP contribution is -2.45. The fraction of sp³-hybridized carbons (Fsp3) is 0.750. The van der Waals surface area contributed by atoms with E-state index in [-0.39, 0.29) is 11.5 Å². The van der Waals surface area contributed by atoms with E-state index in [1.807, 2.05) is 19.9 Å². The summed E-state index contributed by atoms with van der Waals surface area (Å²) in [5.74, 6) is 1.95. The zero-order chi connectivity index (χ0) is 14.2. The van der Waals surface area contributed by atoms with E-state index in [0.717, 1.165) is 62.6 Å². The van der Waals surface area contributed by atoms with E-state index in [0.29, 0.717) is 0 Å². The first-order valence-electron chi connectivity index (χ1n) is 7.56. The van der Waals surface area contributed by atoms with Gasteiger partial charge in [0.05, 0.1) is 11.7 Å². The molecule has 1 aromatic rings. The SMILES string of the molecule is Cc1cc(C(O)C2CCOC3(CCOCC3)C2)c(C)o1. The van der Waals surface area contributed by atoms with Gasteiger partial charge in [0.15, 0.2) is 0 Å². The number of hydrogen-bond donors (Lipinski definition) is 1. The summed E-state index contributed by atoms with van der Waals surface area (Å²) in [6.07, 6.45) is 3.27. The quantitative estimate of drug-likeness (QED) is 0.905. The molecule has 2 fully saturated rings. The van der Waals surface area contributed by atoms with Crippen LogP contribution in [0.25, 0.3) is 0 Å². The van der Waals surface area contributed by atoms with Gasteiger partial charge >= 0.3 is 0 Å². The lowest BCUT2D eigenvalue weighted by molar-refractivity contribution is -0.159. The van der Waals surface area contributed by atoms with Crippen LogP contribution in [0.5, 0.6) is 0 Å². The Morgan fingerprint density at radius 3 is 2.65 bits per heavy atom. The maximum atomic E-state index is 10.7. The van der Waals surface area contributed by atoms with E-state index >= 15 is 0 Å². The van der Waals surface area contributed by atoms with Crippen molar-refractivity contribution in [1.29, 1.82) is 0 Å². The van der Waals surface area contributed by atoms with Gasteiger partial charge in [-0.3, -0.25) is 0 Å². The molecule has 4 nitrogen and oxygen atoms in total. The molecule has 2 saturated heterocycles. The molecule has 2 atom stereocenters. The Morgan fingerprint density at radius 2 is 2.00 bits per heavy atom. The van der Waals surface area contributed by atoms with Gasteiger partial charge in [-0.25, -0.2) is 0 Å². The van der Waals surface area contributed by atoms with E-state index < -0.39 is 6.10 Å². The van der Waals surface area contributed by atoms with Crippen molar-refractivity contribution in [2.75, 3.05) is 19.8 Å². The Balaban J connectivity index is 1.74. The summed E-state index contributed by atoms with van der Waals surface area (Å²) in [4.78, 5) is 0. The van der Waals surface area contributed by atoms with Crippen LogP contribution in [0.2, 0.25) is 0 Å². The molecule has 0 saturated carbocycles. The van der Waals surface area contributed by atoms with Crippen LogP contribution in [0.4, 0.5) is 0 Å². The minimum atomic E-state index is -0.448. The predicted molar refractivity (Wildman–Crippen MR) is 74.6 cm³/mol. The van der Waals surface area contributed by atoms with Crippen molar-refractivity contribution in [2.24, 2.45) is 5.92 Å². The molecule has 1 aromatic heterocycles. The number of rotatable bonds is 2. The highest BCUT2D eigenvalue weighted by atomic mass is 16.5. The highest BCUT2D eigenvalue weighted by Crippen LogP contribution is 2.42. The van der Waals surface area contributed by atoms with Gasteiger partial charge in [0, 0.05) is 25.4 Å². The minimum absolute atomic E-state index is 0.0746. The van der Waals surface area contributed by atoms with Crippen LogP contribution in [-0.2, 0) is 9.47 Å². The lowest BCUT2D eigenvalue weighted by atomic mass is 9.77. The largest absolute Gasteiger partial charge is 0.466 e. The van der Waals surface area contributed by atoms with E-state index in [2.05, 4.69) is 0 Å². The molecule has 2 aliphatic rings. The molecule has 0 aromatic carbocycles. The average Bonchev–Trinajstić information content (AvgIpc) is 2.78. The number of furan rings is 1. The fourth-order valence-electron chi connectivity index (χ4n) is 3.63. The molecule has 0 aliphatic carbocycles. The molecule has 1 N–H and O–H groups in total. The van der Waals surface area contributed by atoms with E-state index in [4.69, 9.17) is 13.9 Å². The van der Waals surface area contributed by atoms with Gasteiger partial charge in [0.2, 0.25) is 0 Å². The third-order valence-corrected chi connectivity index (χ3v) is 4.78. The first-order valence-corrected chi connectivity index (χ1v) is 7.56. The van der Waals surface area contributed by atoms with Gasteiger partial charge < -0.3 is 19.0 Å². The molecular weight excluding hydrogens is 256 g/mol. The molecule has 2 aliphatic heterocycles. The maximum absolute atomic E-state index is 10.7. The van der Waals surface area contributed by atoms with Crippen LogP contribution in [0, 0.1) is 19.8 Å². The molecule has 20 heavy (non-hydrogen) atoms. The van der Waals surface area contributed by atoms with Crippen molar-refractivity contribution >= 4 is 0 Å². The highest BCUT2D eigenvalue weighted by Gasteiger charge is 2.41. The van der Waals surface area contributed by atoms with Crippen LogP contribution in [-0.4, -0.2) is 30.5 Å². The number of hydrogen-bond acceptors (Lipinski definition) is 4. The van der Waals surface area contributed by atoms with Crippen LogP contribution in [0.1, 0.15) is 48.9 Å². The van der Waals surface area contributed by atoms with Crippen molar-refractivity contribution in [3.05, 3.63) is 23.2 Å². The molecular formula is C16H24O4. The zero-order valence-electron chi connectivity index (χ0n) is 12.4. The monoisotopic (exact) mass is 280 g/mol. The lowest BCUT2D eigenvalue weighted by Gasteiger charge is -2.44. The average molecular weight is 280 g/mol. The van der Waals surface area contributed by atoms with Crippen LogP contribution in [0.3, 0.4) is 0 Å². The summed E-state index contributed by atoms with van der Waals surface area (Å²) in [5.41, 5.74) is 0.867. The summed E-state index contributed by atoms with van der Waals surface area (Å²) in [6, 6.07) is 1.96. The Labute approximate surface area is 120 Å². The summed E-state index contributed by atoms with van der Waals surface area (Å²) in [5, 5.41) is 10.7. The first kappa shape index (κ1) is 14.1. The Morgan fingerprint density at radius 1 is 1.25 bits per heavy atom. The van der Waals surface area contributed by atoms with Crippen molar-refractivity contribution in [3.8, 4) is 0 Å². The van der Waals surface area contributed by atoms with Crippen molar-refractivity contribution in [3.63, 3.8) is 0 Å². The second-order valence-corrected chi connectivity index (χ2v) is 6.21. The molecule has 2 unspecified atom stereocenters. The normalized spacial score (nSPS) is 27.6. The van der Waals surface area contributed by atoms with Gasteiger partial charge in [-0.1, -0.05) is 0 Å². The summed E-state index contributed by atoms with van der Waals surface area (Å²) < 4.78 is 17.0. The molecule has 3 heterocycles. The topological polar surface area (TPSA) is 51.8 Å². The third kappa shape index (κ3) is 2.65. The smallest absolute Gasteiger partial charge is 0.106 e. The molecule has 112 valence electrons. The molecule has 4 heteroatoms. The molecule has 0 radical (unpaired) electrons. The second-order valence-electron chi connectivity index (χ2n) is 6.21. The van der Waals surface area contributed by atoms with Gasteiger partial charge in [-0.2, -0.15) is 0 Å². The summed E-state index contributed by atoms with van der Waals surface area (Å²) in [7, 11) is 0. The van der Waals surface area contributed by atoms with Gasteiger partial charge in [-0.05, 0) is 51.5 Å². The summed E-state index contributed by atoms with van der Waals surface area (Å²) in [6.45, 7) is 6.12. The fourth-order valence-corrected chi connectivity index (χ4v) is 3.63. The molecule has 0 amide bonds. The third-order valence-electron chi connectivity index (χ3n) is 4.78. The Bertz CT molecular complexity index is 454. The van der Waals surface area contributed by atoms with Gasteiger partial charge in [0.25, 0.3) is 0 Å². The molecule has 0 bridgehead atoms. The number of aryl methyl sites for hydroxylation is 2. The second kappa shape index (κ2) is 5.51. The van der Waals surface area contributed by atoms with Crippen LogP contribution < -0.4 is 0 Å². The van der Waals surface area contributed by atoms with Gasteiger partial charge in [0.1, 0.15) is 11.5 Å². The predicted octanol–water partition coefficient (Wildman–Crippen LogP) is 2.91. The van der Waals surface area contributed by atoms with Gasteiger partial charge in [-0.15, -0.1) is 0 Å². The zero-order valence-corrected chi connectivity index (χ0v) is 12.4. The maximum Gasteiger partial charge on any atom is 0.106 e. The van der Waals surface area contributed by atoms with E-state index in [9.17, 15) is 5.11 Å². The van der Waals surface area contributed by atoms with Crippen LogP contribution in [0.15, 0.2) is 10.5 Å². The number of aliphatic hydroxyl groups is 1. The highest BCUT2D eigenvalue weighted by molar-refractivity contribution is 5.23. The van der Waals surface area contributed by atoms with Crippen molar-refractivity contribution in [2.45, 2.75) is 51.2 Å². The molecule has 3 rings (SSSR count).